The van der Waals surface area contributed by atoms with E-state index in [9.17, 15) is 8.78 Å². The van der Waals surface area contributed by atoms with E-state index in [0.29, 0.717) is 16.7 Å². The predicted molar refractivity (Wildman–Crippen MR) is 99.6 cm³/mol. The minimum Gasteiger partial charge on any atom is -0.494 e. The van der Waals surface area contributed by atoms with Crippen LogP contribution in [0.1, 0.15) is 11.1 Å². The third kappa shape index (κ3) is 4.50. The van der Waals surface area contributed by atoms with Crippen molar-refractivity contribution in [1.29, 1.82) is 0 Å². The second-order valence-electron chi connectivity index (χ2n) is 5.70. The van der Waals surface area contributed by atoms with Crippen molar-refractivity contribution < 1.29 is 23.0 Å². The van der Waals surface area contributed by atoms with Crippen molar-refractivity contribution in [2.45, 2.75) is 24.4 Å². The summed E-state index contributed by atoms with van der Waals surface area (Å²) in [6.45, 7) is -0.946. The number of ether oxygens (including phenoxy) is 3. The minimum absolute atomic E-state index is 0.0134. The predicted octanol–water partition coefficient (Wildman–Crippen LogP) is 3.88. The van der Waals surface area contributed by atoms with E-state index < -0.39 is 6.61 Å². The SMILES string of the molecule is COc1cc(CSc2nnnn2-c2cc(C)ccc2OC)ccc1OC(F)F. The minimum atomic E-state index is -2.91. The number of aromatic nitrogens is 4. The summed E-state index contributed by atoms with van der Waals surface area (Å²) in [6.07, 6.45) is 0. The molecule has 0 saturated heterocycles. The summed E-state index contributed by atoms with van der Waals surface area (Å²) < 4.78 is 41.5. The van der Waals surface area contributed by atoms with Gasteiger partial charge < -0.3 is 14.2 Å². The molecule has 0 N–H and O–H groups in total. The van der Waals surface area contributed by atoms with Crippen LogP contribution in [0.25, 0.3) is 5.69 Å². The van der Waals surface area contributed by atoms with Crippen molar-refractivity contribution in [3.63, 3.8) is 0 Å². The van der Waals surface area contributed by atoms with Gasteiger partial charge in [0, 0.05) is 5.75 Å². The molecule has 0 fully saturated rings. The zero-order valence-corrected chi connectivity index (χ0v) is 16.2. The fourth-order valence-corrected chi connectivity index (χ4v) is 3.36. The largest absolute Gasteiger partial charge is 0.494 e. The molecule has 0 aliphatic carbocycles. The maximum Gasteiger partial charge on any atom is 0.387 e. The number of nitrogens with zero attached hydrogens (tertiary/aromatic N) is 4. The Balaban J connectivity index is 1.80. The van der Waals surface area contributed by atoms with Gasteiger partial charge in [-0.25, -0.2) is 0 Å². The van der Waals surface area contributed by atoms with Gasteiger partial charge in [-0.3, -0.25) is 0 Å². The van der Waals surface area contributed by atoms with Crippen molar-refractivity contribution >= 4 is 11.8 Å². The first-order chi connectivity index (χ1) is 13.5. The number of halogens is 2. The number of tetrazole rings is 1. The van der Waals surface area contributed by atoms with E-state index >= 15 is 0 Å². The molecule has 148 valence electrons. The Kier molecular flexibility index (Phi) is 6.30. The van der Waals surface area contributed by atoms with E-state index in [2.05, 4.69) is 20.3 Å². The third-order valence-electron chi connectivity index (χ3n) is 3.82. The van der Waals surface area contributed by atoms with E-state index in [1.807, 2.05) is 25.1 Å². The molecule has 1 heterocycles. The smallest absolute Gasteiger partial charge is 0.387 e. The summed E-state index contributed by atoms with van der Waals surface area (Å²) in [5, 5.41) is 12.4. The fourth-order valence-electron chi connectivity index (χ4n) is 2.53. The number of benzene rings is 2. The quantitative estimate of drug-likeness (QED) is 0.524. The summed E-state index contributed by atoms with van der Waals surface area (Å²) in [7, 11) is 2.98. The van der Waals surface area contributed by atoms with E-state index in [1.54, 1.807) is 23.9 Å². The Hall–Kier alpha value is -2.88. The van der Waals surface area contributed by atoms with Crippen LogP contribution in [0, 0.1) is 6.92 Å². The van der Waals surface area contributed by atoms with E-state index in [1.165, 1.54) is 24.9 Å². The van der Waals surface area contributed by atoms with Crippen LogP contribution in [0.5, 0.6) is 17.2 Å². The van der Waals surface area contributed by atoms with E-state index in [-0.39, 0.29) is 11.5 Å². The number of hydrogen-bond acceptors (Lipinski definition) is 7. The molecule has 3 aromatic rings. The topological polar surface area (TPSA) is 71.3 Å². The average molecular weight is 408 g/mol. The number of methoxy groups -OCH3 is 2. The van der Waals surface area contributed by atoms with Crippen molar-refractivity contribution in [2.24, 2.45) is 0 Å². The van der Waals surface area contributed by atoms with Gasteiger partial charge in [-0.05, 0) is 52.7 Å². The molecule has 0 amide bonds. The van der Waals surface area contributed by atoms with Crippen molar-refractivity contribution in [3.05, 3.63) is 47.5 Å². The van der Waals surface area contributed by atoms with E-state index in [0.717, 1.165) is 16.8 Å². The highest BCUT2D eigenvalue weighted by Crippen LogP contribution is 2.33. The highest BCUT2D eigenvalue weighted by atomic mass is 32.2. The zero-order valence-electron chi connectivity index (χ0n) is 15.4. The number of thioether (sulfide) groups is 1. The molecule has 0 atom stereocenters. The van der Waals surface area contributed by atoms with Gasteiger partial charge in [0.25, 0.3) is 0 Å². The van der Waals surface area contributed by atoms with Crippen LogP contribution in [0.3, 0.4) is 0 Å². The number of alkyl halides is 2. The summed E-state index contributed by atoms with van der Waals surface area (Å²) in [5.74, 6) is 1.37. The van der Waals surface area contributed by atoms with Crippen LogP contribution in [-0.4, -0.2) is 41.0 Å². The maximum absolute atomic E-state index is 12.5. The van der Waals surface area contributed by atoms with Crippen molar-refractivity contribution in [3.8, 4) is 22.9 Å². The van der Waals surface area contributed by atoms with Crippen LogP contribution in [0.4, 0.5) is 8.78 Å². The van der Waals surface area contributed by atoms with Crippen molar-refractivity contribution in [2.75, 3.05) is 14.2 Å². The molecule has 1 aromatic heterocycles. The molecule has 10 heteroatoms. The molecule has 0 unspecified atom stereocenters. The fraction of sp³-hybridized carbons (Fsp3) is 0.278. The Morgan fingerprint density at radius 2 is 1.79 bits per heavy atom. The third-order valence-corrected chi connectivity index (χ3v) is 4.81. The maximum atomic E-state index is 12.5. The van der Waals surface area contributed by atoms with Crippen LogP contribution in [-0.2, 0) is 5.75 Å². The molecule has 0 saturated carbocycles. The van der Waals surface area contributed by atoms with Gasteiger partial charge in [-0.2, -0.15) is 13.5 Å². The monoisotopic (exact) mass is 408 g/mol. The molecule has 0 radical (unpaired) electrons. The molecule has 0 bridgehead atoms. The summed E-state index contributed by atoms with van der Waals surface area (Å²) in [5.41, 5.74) is 2.61. The highest BCUT2D eigenvalue weighted by Gasteiger charge is 2.15. The van der Waals surface area contributed by atoms with Gasteiger partial charge in [0.05, 0.1) is 14.2 Å². The first kappa shape index (κ1) is 19.9. The van der Waals surface area contributed by atoms with Gasteiger partial charge in [-0.15, -0.1) is 5.10 Å². The van der Waals surface area contributed by atoms with Crippen LogP contribution < -0.4 is 14.2 Å². The van der Waals surface area contributed by atoms with Gasteiger partial charge in [0.1, 0.15) is 11.4 Å². The molecule has 0 aliphatic rings. The second-order valence-corrected chi connectivity index (χ2v) is 6.64. The molecular formula is C18H18F2N4O3S. The molecule has 7 nitrogen and oxygen atoms in total. The molecule has 3 rings (SSSR count). The standard InChI is InChI=1S/C18H18F2N4O3S/c1-11-4-6-14(25-2)13(8-11)24-18(21-22-23-24)28-10-12-5-7-15(27-17(19)20)16(9-12)26-3/h4-9,17H,10H2,1-3H3. The lowest BCUT2D eigenvalue weighted by atomic mass is 10.2. The van der Waals surface area contributed by atoms with Gasteiger partial charge in [0.2, 0.25) is 5.16 Å². The van der Waals surface area contributed by atoms with Crippen LogP contribution >= 0.6 is 11.8 Å². The molecule has 0 aliphatic heterocycles. The Morgan fingerprint density at radius 3 is 2.50 bits per heavy atom. The molecule has 28 heavy (non-hydrogen) atoms. The number of rotatable bonds is 8. The normalized spacial score (nSPS) is 10.9. The van der Waals surface area contributed by atoms with Gasteiger partial charge in [-0.1, -0.05) is 23.9 Å². The lowest BCUT2D eigenvalue weighted by Gasteiger charge is -2.12. The zero-order chi connectivity index (χ0) is 20.1. The first-order valence-corrected chi connectivity index (χ1v) is 9.18. The Morgan fingerprint density at radius 1 is 1.04 bits per heavy atom. The first-order valence-electron chi connectivity index (χ1n) is 8.19. The van der Waals surface area contributed by atoms with Gasteiger partial charge >= 0.3 is 6.61 Å². The average Bonchev–Trinajstić information content (AvgIpc) is 3.15. The highest BCUT2D eigenvalue weighted by molar-refractivity contribution is 7.98. The van der Waals surface area contributed by atoms with E-state index in [4.69, 9.17) is 9.47 Å². The molecule has 0 spiro atoms. The van der Waals surface area contributed by atoms with Crippen molar-refractivity contribution in [1.82, 2.24) is 20.2 Å². The number of hydrogen-bond donors (Lipinski definition) is 0. The Labute approximate surface area is 164 Å². The van der Waals surface area contributed by atoms with Crippen LogP contribution in [0.15, 0.2) is 41.6 Å². The molecular weight excluding hydrogens is 390 g/mol. The van der Waals surface area contributed by atoms with Crippen LogP contribution in [0.2, 0.25) is 0 Å². The summed E-state index contributed by atoms with van der Waals surface area (Å²) >= 11 is 1.39. The van der Waals surface area contributed by atoms with Gasteiger partial charge in [0.15, 0.2) is 11.5 Å². The second kappa shape index (κ2) is 8.87. The number of aryl methyl sites for hydroxylation is 1. The molecule has 2 aromatic carbocycles. The lowest BCUT2D eigenvalue weighted by Crippen LogP contribution is -2.04. The lowest BCUT2D eigenvalue weighted by molar-refractivity contribution is -0.0512. The summed E-state index contributed by atoms with van der Waals surface area (Å²) in [4.78, 5) is 0. The Bertz CT molecular complexity index is 952. The summed E-state index contributed by atoms with van der Waals surface area (Å²) in [6, 6.07) is 10.5.